The van der Waals surface area contributed by atoms with Crippen molar-refractivity contribution in [2.75, 3.05) is 20.1 Å². The molecule has 2 aromatic rings. The second kappa shape index (κ2) is 9.00. The molecule has 36 heavy (non-hydrogen) atoms. The minimum atomic E-state index is -2.37. The van der Waals surface area contributed by atoms with Crippen molar-refractivity contribution in [3.63, 3.8) is 0 Å². The van der Waals surface area contributed by atoms with E-state index in [2.05, 4.69) is 60.1 Å². The monoisotopic (exact) mass is 487 g/mol. The minimum Gasteiger partial charge on any atom is -0.359 e. The van der Waals surface area contributed by atoms with Gasteiger partial charge in [0.05, 0.1) is 12.1 Å². The van der Waals surface area contributed by atoms with E-state index < -0.39 is 23.9 Å². The first-order valence-electron chi connectivity index (χ1n) is 12.8. The first-order chi connectivity index (χ1) is 17.3. The molecule has 0 aromatic heterocycles. The number of amides is 2. The second-order valence-electron chi connectivity index (χ2n) is 10.3. The zero-order valence-electron chi connectivity index (χ0n) is 21.3. The molecule has 188 valence electrons. The van der Waals surface area contributed by atoms with E-state index in [-0.39, 0.29) is 17.2 Å². The number of rotatable bonds is 5. The van der Waals surface area contributed by atoms with Crippen LogP contribution in [-0.4, -0.2) is 53.5 Å². The highest BCUT2D eigenvalue weighted by Crippen LogP contribution is 2.48. The van der Waals surface area contributed by atoms with Gasteiger partial charge >= 0.3 is 0 Å². The third-order valence-corrected chi connectivity index (χ3v) is 8.40. The molecule has 1 aliphatic carbocycles. The normalized spacial score (nSPS) is 29.0. The average Bonchev–Trinajstić information content (AvgIpc) is 3.29. The third-order valence-electron chi connectivity index (χ3n) is 8.40. The van der Waals surface area contributed by atoms with Crippen molar-refractivity contribution >= 4 is 22.6 Å². The summed E-state index contributed by atoms with van der Waals surface area (Å²) in [5.41, 5.74) is 1.04. The van der Waals surface area contributed by atoms with Crippen molar-refractivity contribution in [3.8, 4) is 0 Å². The molecule has 6 heteroatoms. The van der Waals surface area contributed by atoms with E-state index in [1.54, 1.807) is 30.1 Å². The Morgan fingerprint density at radius 1 is 1.22 bits per heavy atom. The lowest BCUT2D eigenvalue weighted by molar-refractivity contribution is -0.141. The van der Waals surface area contributed by atoms with Crippen molar-refractivity contribution in [2.24, 2.45) is 0 Å². The third kappa shape index (κ3) is 3.53. The Bertz CT molecular complexity index is 1300. The van der Waals surface area contributed by atoms with Crippen molar-refractivity contribution in [1.82, 2.24) is 15.1 Å². The fourth-order valence-corrected chi connectivity index (χ4v) is 6.63. The molecule has 0 spiro atoms. The van der Waals surface area contributed by atoms with Gasteiger partial charge in [-0.2, -0.15) is 0 Å². The van der Waals surface area contributed by atoms with Crippen LogP contribution in [0.2, 0.25) is 0 Å². The first-order valence-corrected chi connectivity index (χ1v) is 12.8. The van der Waals surface area contributed by atoms with E-state index >= 15 is 4.39 Å². The summed E-state index contributed by atoms with van der Waals surface area (Å²) in [6, 6.07) is 13.0. The van der Waals surface area contributed by atoms with E-state index in [0.29, 0.717) is 5.70 Å². The van der Waals surface area contributed by atoms with Crippen LogP contribution in [0.3, 0.4) is 0 Å². The zero-order valence-corrected chi connectivity index (χ0v) is 21.3. The molecule has 2 fully saturated rings. The van der Waals surface area contributed by atoms with Gasteiger partial charge in [-0.25, -0.2) is 4.39 Å². The van der Waals surface area contributed by atoms with Crippen LogP contribution in [0.25, 0.3) is 10.8 Å². The van der Waals surface area contributed by atoms with Gasteiger partial charge in [0.1, 0.15) is 0 Å². The van der Waals surface area contributed by atoms with Gasteiger partial charge in [0.2, 0.25) is 11.6 Å². The predicted octanol–water partition coefficient (Wildman–Crippen LogP) is 4.78. The molecule has 2 aromatic carbocycles. The van der Waals surface area contributed by atoms with Crippen LogP contribution >= 0.6 is 0 Å². The van der Waals surface area contributed by atoms with E-state index in [1.807, 2.05) is 0 Å². The molecule has 2 atom stereocenters. The van der Waals surface area contributed by atoms with E-state index in [4.69, 9.17) is 0 Å². The highest BCUT2D eigenvalue weighted by molar-refractivity contribution is 6.00. The molecule has 3 aliphatic rings. The van der Waals surface area contributed by atoms with Crippen molar-refractivity contribution in [2.45, 2.75) is 56.8 Å². The summed E-state index contributed by atoms with van der Waals surface area (Å²) in [7, 11) is 1.46. The number of allylic oxidation sites excluding steroid dienone is 4. The Hall–Kier alpha value is -3.25. The Kier molecular flexibility index (Phi) is 6.11. The lowest BCUT2D eigenvalue weighted by atomic mass is 9.88. The molecule has 2 heterocycles. The number of hydrogen-bond donors (Lipinski definition) is 1. The standard InChI is InChI=1S/C30H34FN3O2/c1-5-9-25-23(6-2)30(31,19-26(35)32-4)28(36)34(25)22-14-16-33(17-15-22)29(3)18-21-12-7-10-20-11-8-13-24(29)27(20)21/h5-13,22H,1,14-19H2,2-4H3,(H,32,35)/b23-6+,25-9+. The SMILES string of the molecule is C=C/C=C1\C(=C/C)C(F)(CC(=O)NC)C(=O)N1C1CCN(C2(C)Cc3cccc4cccc2c34)CC1. The molecule has 5 rings (SSSR count). The maximum atomic E-state index is 16.2. The fraction of sp³-hybridized carbons (Fsp3) is 0.400. The van der Waals surface area contributed by atoms with Gasteiger partial charge < -0.3 is 10.2 Å². The van der Waals surface area contributed by atoms with Crippen LogP contribution in [0.15, 0.2) is 72.5 Å². The molecular weight excluding hydrogens is 453 g/mol. The number of nitrogens with one attached hydrogen (secondary N) is 1. The van der Waals surface area contributed by atoms with E-state index in [0.717, 1.165) is 32.4 Å². The van der Waals surface area contributed by atoms with Crippen molar-refractivity contribution < 1.29 is 14.0 Å². The minimum absolute atomic E-state index is 0.111. The number of benzene rings is 2. The average molecular weight is 488 g/mol. The Balaban J connectivity index is 1.40. The van der Waals surface area contributed by atoms with Gasteiger partial charge in [-0.05, 0) is 61.1 Å². The Labute approximate surface area is 212 Å². The number of carbonyl (C=O) groups is 2. The smallest absolute Gasteiger partial charge is 0.270 e. The van der Waals surface area contributed by atoms with Crippen molar-refractivity contribution in [3.05, 3.63) is 83.6 Å². The van der Waals surface area contributed by atoms with Crippen LogP contribution in [-0.2, 0) is 21.5 Å². The number of likely N-dealkylation sites (tertiary alicyclic amines) is 2. The summed E-state index contributed by atoms with van der Waals surface area (Å²) in [6.45, 7) is 9.42. The fourth-order valence-electron chi connectivity index (χ4n) is 6.63. The molecular formula is C30H34FN3O2. The first kappa shape index (κ1) is 24.4. The summed E-state index contributed by atoms with van der Waals surface area (Å²) >= 11 is 0. The van der Waals surface area contributed by atoms with Gasteiger partial charge in [0.15, 0.2) is 0 Å². The molecule has 2 aliphatic heterocycles. The lowest BCUT2D eigenvalue weighted by Gasteiger charge is -2.45. The number of hydrogen-bond acceptors (Lipinski definition) is 3. The molecule has 0 radical (unpaired) electrons. The Morgan fingerprint density at radius 3 is 2.56 bits per heavy atom. The maximum absolute atomic E-state index is 16.2. The van der Waals surface area contributed by atoms with Crippen LogP contribution in [0, 0.1) is 0 Å². The number of carbonyl (C=O) groups excluding carboxylic acids is 2. The molecule has 1 N–H and O–H groups in total. The van der Waals surface area contributed by atoms with Crippen LogP contribution in [0.4, 0.5) is 4.39 Å². The molecule has 2 unspecified atom stereocenters. The highest BCUT2D eigenvalue weighted by atomic mass is 19.1. The number of alkyl halides is 1. The lowest BCUT2D eigenvalue weighted by Crippen LogP contribution is -2.53. The van der Waals surface area contributed by atoms with Crippen LogP contribution in [0.5, 0.6) is 0 Å². The van der Waals surface area contributed by atoms with Gasteiger partial charge in [0.25, 0.3) is 5.91 Å². The summed E-state index contributed by atoms with van der Waals surface area (Å²) in [5.74, 6) is -1.14. The molecule has 5 nitrogen and oxygen atoms in total. The predicted molar refractivity (Wildman–Crippen MR) is 141 cm³/mol. The molecule has 2 saturated heterocycles. The zero-order chi connectivity index (χ0) is 25.7. The quantitative estimate of drug-likeness (QED) is 0.661. The molecule has 0 saturated carbocycles. The summed E-state index contributed by atoms with van der Waals surface area (Å²) < 4.78 is 16.2. The van der Waals surface area contributed by atoms with Crippen LogP contribution in [0.1, 0.15) is 44.2 Å². The molecule has 2 amide bonds. The van der Waals surface area contributed by atoms with Crippen molar-refractivity contribution in [1.29, 1.82) is 0 Å². The van der Waals surface area contributed by atoms with Gasteiger partial charge in [-0.1, -0.05) is 55.1 Å². The van der Waals surface area contributed by atoms with Gasteiger partial charge in [-0.15, -0.1) is 0 Å². The Morgan fingerprint density at radius 2 is 1.92 bits per heavy atom. The summed E-state index contributed by atoms with van der Waals surface area (Å²) in [5, 5.41) is 5.10. The number of nitrogens with zero attached hydrogens (tertiary/aromatic N) is 2. The van der Waals surface area contributed by atoms with Gasteiger partial charge in [-0.3, -0.25) is 14.5 Å². The number of piperidine rings is 1. The largest absolute Gasteiger partial charge is 0.359 e. The second-order valence-corrected chi connectivity index (χ2v) is 10.3. The van der Waals surface area contributed by atoms with E-state index in [9.17, 15) is 9.59 Å². The summed E-state index contributed by atoms with van der Waals surface area (Å²) in [6.07, 6.45) is 6.79. The topological polar surface area (TPSA) is 52.7 Å². The summed E-state index contributed by atoms with van der Waals surface area (Å²) in [4.78, 5) is 29.8. The maximum Gasteiger partial charge on any atom is 0.270 e. The van der Waals surface area contributed by atoms with Gasteiger partial charge in [0, 0.05) is 37.3 Å². The number of halogens is 1. The van der Waals surface area contributed by atoms with E-state index in [1.165, 1.54) is 28.9 Å². The highest BCUT2D eigenvalue weighted by Gasteiger charge is 2.57. The molecule has 0 bridgehead atoms. The van der Waals surface area contributed by atoms with Crippen LogP contribution < -0.4 is 5.32 Å².